The smallest absolute Gasteiger partial charge is 0.315 e. The number of rotatable bonds is 7. The van der Waals surface area contributed by atoms with Gasteiger partial charge in [-0.1, -0.05) is 25.1 Å². The molecule has 0 aliphatic rings. The zero-order chi connectivity index (χ0) is 17.5. The summed E-state index contributed by atoms with van der Waals surface area (Å²) in [5.74, 6) is 1.12. The van der Waals surface area contributed by atoms with Gasteiger partial charge in [0.15, 0.2) is 0 Å². The monoisotopic (exact) mass is 330 g/mol. The molecule has 2 amide bonds. The molecule has 0 aliphatic heterocycles. The highest BCUT2D eigenvalue weighted by Crippen LogP contribution is 2.21. The van der Waals surface area contributed by atoms with Crippen LogP contribution in [0.4, 0.5) is 10.6 Å². The number of nitrogens with zero attached hydrogens (tertiary/aromatic N) is 2. The Bertz CT molecular complexity index is 688. The third-order valence-corrected chi connectivity index (χ3v) is 3.92. The molecular weight excluding hydrogens is 304 g/mol. The van der Waals surface area contributed by atoms with Gasteiger partial charge in [0.05, 0.1) is 5.52 Å². The average Bonchev–Trinajstić information content (AvgIpc) is 2.57. The molecule has 0 saturated carbocycles. The number of nitrogens with one attached hydrogen (secondary N) is 2. The van der Waals surface area contributed by atoms with Gasteiger partial charge in [-0.05, 0) is 30.0 Å². The summed E-state index contributed by atoms with van der Waals surface area (Å²) in [5, 5.41) is 15.7. The summed E-state index contributed by atoms with van der Waals surface area (Å²) in [6.45, 7) is 3.12. The minimum Gasteiger partial charge on any atom is -0.396 e. The molecular formula is C18H26N4O2. The standard InChI is InChI=1S/C18H26N4O2/c1-13(8-9-23)11-19-18(24)20-12-14-10-17(22(2)3)21-16-7-5-4-6-15(14)16/h4-7,10,13,23H,8-9,11-12H2,1-3H3,(H2,19,20,24). The van der Waals surface area contributed by atoms with Crippen molar-refractivity contribution in [1.29, 1.82) is 0 Å². The molecule has 1 aromatic carbocycles. The maximum Gasteiger partial charge on any atom is 0.315 e. The van der Waals surface area contributed by atoms with Gasteiger partial charge in [0.25, 0.3) is 0 Å². The van der Waals surface area contributed by atoms with Crippen molar-refractivity contribution in [2.24, 2.45) is 5.92 Å². The number of aliphatic hydroxyl groups excluding tert-OH is 1. The van der Waals surface area contributed by atoms with Crippen molar-refractivity contribution in [3.8, 4) is 0 Å². The summed E-state index contributed by atoms with van der Waals surface area (Å²) >= 11 is 0. The number of carbonyl (C=O) groups excluding carboxylic acids is 1. The Balaban J connectivity index is 2.05. The molecule has 3 N–H and O–H groups in total. The van der Waals surface area contributed by atoms with E-state index < -0.39 is 0 Å². The first kappa shape index (κ1) is 18.0. The second-order valence-electron chi connectivity index (χ2n) is 6.23. The third kappa shape index (κ3) is 4.83. The van der Waals surface area contributed by atoms with Gasteiger partial charge < -0.3 is 20.6 Å². The lowest BCUT2D eigenvalue weighted by Gasteiger charge is -2.16. The first-order valence-corrected chi connectivity index (χ1v) is 8.19. The van der Waals surface area contributed by atoms with Crippen LogP contribution in [0.5, 0.6) is 0 Å². The lowest BCUT2D eigenvalue weighted by molar-refractivity contribution is 0.233. The molecule has 0 bridgehead atoms. The topological polar surface area (TPSA) is 77.5 Å². The number of carbonyl (C=O) groups is 1. The number of pyridine rings is 1. The zero-order valence-corrected chi connectivity index (χ0v) is 14.5. The molecule has 1 heterocycles. The molecule has 6 heteroatoms. The van der Waals surface area contributed by atoms with E-state index in [1.54, 1.807) is 0 Å². The van der Waals surface area contributed by atoms with E-state index in [4.69, 9.17) is 5.11 Å². The van der Waals surface area contributed by atoms with E-state index in [1.165, 1.54) is 0 Å². The van der Waals surface area contributed by atoms with Crippen molar-refractivity contribution in [2.75, 3.05) is 32.1 Å². The van der Waals surface area contributed by atoms with Crippen LogP contribution in [0.2, 0.25) is 0 Å². The maximum absolute atomic E-state index is 12.0. The largest absolute Gasteiger partial charge is 0.396 e. The number of aromatic nitrogens is 1. The van der Waals surface area contributed by atoms with E-state index in [0.717, 1.165) is 22.3 Å². The normalized spacial score (nSPS) is 12.0. The van der Waals surface area contributed by atoms with Gasteiger partial charge in [0.2, 0.25) is 0 Å². The van der Waals surface area contributed by atoms with E-state index in [2.05, 4.69) is 15.6 Å². The number of urea groups is 1. The van der Waals surface area contributed by atoms with Gasteiger partial charge in [-0.15, -0.1) is 0 Å². The molecule has 130 valence electrons. The molecule has 0 spiro atoms. The highest BCUT2D eigenvalue weighted by Gasteiger charge is 2.09. The second kappa shape index (κ2) is 8.49. The molecule has 0 fully saturated rings. The first-order chi connectivity index (χ1) is 11.5. The van der Waals surface area contributed by atoms with Crippen LogP contribution in [0.25, 0.3) is 10.9 Å². The first-order valence-electron chi connectivity index (χ1n) is 8.19. The van der Waals surface area contributed by atoms with Crippen molar-refractivity contribution in [3.63, 3.8) is 0 Å². The molecule has 2 rings (SSSR count). The van der Waals surface area contributed by atoms with Crippen LogP contribution >= 0.6 is 0 Å². The molecule has 1 aromatic heterocycles. The summed E-state index contributed by atoms with van der Waals surface area (Å²) < 4.78 is 0. The van der Waals surface area contributed by atoms with Gasteiger partial charge in [0.1, 0.15) is 5.82 Å². The average molecular weight is 330 g/mol. The van der Waals surface area contributed by atoms with Crippen LogP contribution in [-0.4, -0.2) is 43.4 Å². The highest BCUT2D eigenvalue weighted by atomic mass is 16.3. The fourth-order valence-electron chi connectivity index (χ4n) is 2.43. The van der Waals surface area contributed by atoms with Crippen molar-refractivity contribution in [2.45, 2.75) is 19.9 Å². The van der Waals surface area contributed by atoms with Crippen molar-refractivity contribution in [1.82, 2.24) is 15.6 Å². The minimum absolute atomic E-state index is 0.140. The summed E-state index contributed by atoms with van der Waals surface area (Å²) in [6.07, 6.45) is 0.682. The van der Waals surface area contributed by atoms with Crippen LogP contribution in [0.1, 0.15) is 18.9 Å². The predicted molar refractivity (Wildman–Crippen MR) is 97.2 cm³/mol. The summed E-state index contributed by atoms with van der Waals surface area (Å²) in [5.41, 5.74) is 1.94. The lowest BCUT2D eigenvalue weighted by Crippen LogP contribution is -2.37. The Kier molecular flexibility index (Phi) is 6.37. The SMILES string of the molecule is CC(CCO)CNC(=O)NCc1cc(N(C)C)nc2ccccc12. The number of aliphatic hydroxyl groups is 1. The van der Waals surface area contributed by atoms with Gasteiger partial charge in [-0.3, -0.25) is 0 Å². The number of anilines is 1. The van der Waals surface area contributed by atoms with Crippen molar-refractivity contribution < 1.29 is 9.90 Å². The number of benzene rings is 1. The molecule has 2 aromatic rings. The molecule has 1 unspecified atom stereocenters. The number of amides is 2. The predicted octanol–water partition coefficient (Wildman–Crippen LogP) is 2.12. The van der Waals surface area contributed by atoms with E-state index in [1.807, 2.05) is 56.3 Å². The Morgan fingerprint density at radius 1 is 1.29 bits per heavy atom. The second-order valence-corrected chi connectivity index (χ2v) is 6.23. The van der Waals surface area contributed by atoms with Gasteiger partial charge in [-0.25, -0.2) is 9.78 Å². The Morgan fingerprint density at radius 3 is 2.75 bits per heavy atom. The molecule has 1 atom stereocenters. The van der Waals surface area contributed by atoms with E-state index in [9.17, 15) is 4.79 Å². The van der Waals surface area contributed by atoms with E-state index in [-0.39, 0.29) is 18.6 Å². The van der Waals surface area contributed by atoms with Crippen LogP contribution in [0, 0.1) is 5.92 Å². The van der Waals surface area contributed by atoms with Crippen LogP contribution in [0.3, 0.4) is 0 Å². The molecule has 0 aliphatic carbocycles. The molecule has 24 heavy (non-hydrogen) atoms. The van der Waals surface area contributed by atoms with Gasteiger partial charge >= 0.3 is 6.03 Å². The minimum atomic E-state index is -0.202. The number of hydrogen-bond acceptors (Lipinski definition) is 4. The lowest BCUT2D eigenvalue weighted by atomic mass is 10.1. The Labute approximate surface area is 142 Å². The fraction of sp³-hybridized carbons (Fsp3) is 0.444. The zero-order valence-electron chi connectivity index (χ0n) is 14.5. The maximum atomic E-state index is 12.0. The van der Waals surface area contributed by atoms with Crippen molar-refractivity contribution >= 4 is 22.8 Å². The quantitative estimate of drug-likeness (QED) is 0.727. The van der Waals surface area contributed by atoms with E-state index in [0.29, 0.717) is 19.5 Å². The summed E-state index contributed by atoms with van der Waals surface area (Å²) in [4.78, 5) is 18.5. The molecule has 0 saturated heterocycles. The Hall–Kier alpha value is -2.34. The number of para-hydroxylation sites is 1. The fourth-order valence-corrected chi connectivity index (χ4v) is 2.43. The Morgan fingerprint density at radius 2 is 2.04 bits per heavy atom. The van der Waals surface area contributed by atoms with E-state index >= 15 is 0 Å². The summed E-state index contributed by atoms with van der Waals surface area (Å²) in [6, 6.07) is 9.72. The van der Waals surface area contributed by atoms with Crippen LogP contribution in [0.15, 0.2) is 30.3 Å². The number of fused-ring (bicyclic) bond motifs is 1. The van der Waals surface area contributed by atoms with Crippen molar-refractivity contribution in [3.05, 3.63) is 35.9 Å². The van der Waals surface area contributed by atoms with Crippen LogP contribution in [-0.2, 0) is 6.54 Å². The van der Waals surface area contributed by atoms with Gasteiger partial charge in [0, 0.05) is 39.2 Å². The molecule has 6 nitrogen and oxygen atoms in total. The summed E-state index contributed by atoms with van der Waals surface area (Å²) in [7, 11) is 3.90. The van der Waals surface area contributed by atoms with Crippen LogP contribution < -0.4 is 15.5 Å². The third-order valence-electron chi connectivity index (χ3n) is 3.92. The van der Waals surface area contributed by atoms with Gasteiger partial charge in [-0.2, -0.15) is 0 Å². The molecule has 0 radical (unpaired) electrons. The number of hydrogen-bond donors (Lipinski definition) is 3. The highest BCUT2D eigenvalue weighted by molar-refractivity contribution is 5.84.